The van der Waals surface area contributed by atoms with Gasteiger partial charge < -0.3 is 14.2 Å². The molecule has 5 heteroatoms. The summed E-state index contributed by atoms with van der Waals surface area (Å²) in [4.78, 5) is 10.8. The molecule has 1 rings (SSSR count). The van der Waals surface area contributed by atoms with Gasteiger partial charge in [0.25, 0.3) is 0 Å². The zero-order valence-corrected chi connectivity index (χ0v) is 12.0. The summed E-state index contributed by atoms with van der Waals surface area (Å²) >= 11 is 2.16. The molecule has 0 aromatic heterocycles. The summed E-state index contributed by atoms with van der Waals surface area (Å²) in [5, 5.41) is 0. The van der Waals surface area contributed by atoms with Crippen LogP contribution in [-0.2, 0) is 9.53 Å². The molecule has 0 N–H and O–H groups in total. The Hall–Kier alpha value is -0.980. The molecule has 0 aliphatic heterocycles. The average molecular weight is 350 g/mol. The Morgan fingerprint density at radius 1 is 1.41 bits per heavy atom. The monoisotopic (exact) mass is 350 g/mol. The second-order valence-electron chi connectivity index (χ2n) is 3.38. The van der Waals surface area contributed by atoms with E-state index in [-0.39, 0.29) is 12.1 Å². The maximum Gasteiger partial charge on any atom is 0.303 e. The van der Waals surface area contributed by atoms with E-state index >= 15 is 0 Å². The molecule has 1 aromatic rings. The van der Waals surface area contributed by atoms with E-state index in [0.717, 1.165) is 5.75 Å². The summed E-state index contributed by atoms with van der Waals surface area (Å²) < 4.78 is 16.4. The summed E-state index contributed by atoms with van der Waals surface area (Å²) in [5.41, 5.74) is 0. The molecule has 0 heterocycles. The first kappa shape index (κ1) is 14.1. The van der Waals surface area contributed by atoms with Gasteiger partial charge in [0, 0.05) is 17.4 Å². The van der Waals surface area contributed by atoms with Crippen LogP contribution in [0.2, 0.25) is 0 Å². The van der Waals surface area contributed by atoms with Crippen molar-refractivity contribution in [1.29, 1.82) is 0 Å². The lowest BCUT2D eigenvalue weighted by molar-refractivity contribution is -0.146. The molecular weight excluding hydrogens is 335 g/mol. The topological polar surface area (TPSA) is 44.8 Å². The van der Waals surface area contributed by atoms with E-state index in [9.17, 15) is 4.79 Å². The van der Waals surface area contributed by atoms with E-state index in [0.29, 0.717) is 16.8 Å². The van der Waals surface area contributed by atoms with Crippen molar-refractivity contribution in [3.8, 4) is 11.5 Å². The molecule has 1 aromatic carbocycles. The number of esters is 1. The van der Waals surface area contributed by atoms with Crippen LogP contribution in [0.25, 0.3) is 0 Å². The van der Waals surface area contributed by atoms with Crippen molar-refractivity contribution in [2.45, 2.75) is 13.0 Å². The molecule has 4 nitrogen and oxygen atoms in total. The summed E-state index contributed by atoms with van der Waals surface area (Å²) in [6, 6.07) is 7.31. The van der Waals surface area contributed by atoms with Gasteiger partial charge in [-0.05, 0) is 12.1 Å². The molecule has 0 saturated heterocycles. The number of halogens is 1. The number of hydrogen-bond acceptors (Lipinski definition) is 4. The molecule has 0 saturated carbocycles. The second-order valence-corrected chi connectivity index (χ2v) is 4.26. The van der Waals surface area contributed by atoms with Gasteiger partial charge in [-0.1, -0.05) is 28.7 Å². The predicted octanol–water partition coefficient (Wildman–Crippen LogP) is 2.44. The molecular formula is C12H15IO4. The van der Waals surface area contributed by atoms with Gasteiger partial charge in [-0.3, -0.25) is 4.79 Å². The molecule has 0 spiro atoms. The van der Waals surface area contributed by atoms with Crippen molar-refractivity contribution in [2.24, 2.45) is 0 Å². The van der Waals surface area contributed by atoms with Gasteiger partial charge in [0.1, 0.15) is 24.2 Å². The predicted molar refractivity (Wildman–Crippen MR) is 72.9 cm³/mol. The highest BCUT2D eigenvalue weighted by Gasteiger charge is 2.11. The number of carbonyl (C=O) groups is 1. The third-order valence-corrected chi connectivity index (χ3v) is 2.96. The fourth-order valence-electron chi connectivity index (χ4n) is 1.22. The fraction of sp³-hybridized carbons (Fsp3) is 0.417. The van der Waals surface area contributed by atoms with E-state index in [1.54, 1.807) is 13.2 Å². The van der Waals surface area contributed by atoms with Crippen molar-refractivity contribution in [1.82, 2.24) is 0 Å². The van der Waals surface area contributed by atoms with Gasteiger partial charge in [-0.15, -0.1) is 0 Å². The summed E-state index contributed by atoms with van der Waals surface area (Å²) in [6.45, 7) is 1.74. The molecule has 0 radical (unpaired) electrons. The third-order valence-electron chi connectivity index (χ3n) is 1.98. The lowest BCUT2D eigenvalue weighted by atomic mass is 10.3. The standard InChI is InChI=1S/C12H15IO4/c1-9(14)17-12(7-13)8-16-11-5-3-4-10(6-11)15-2/h3-6,12H,7-8H2,1-2H3. The summed E-state index contributed by atoms with van der Waals surface area (Å²) in [5.74, 6) is 1.15. The zero-order valence-electron chi connectivity index (χ0n) is 9.81. The lowest BCUT2D eigenvalue weighted by Crippen LogP contribution is -2.25. The van der Waals surface area contributed by atoms with Crippen molar-refractivity contribution in [2.75, 3.05) is 18.1 Å². The number of benzene rings is 1. The van der Waals surface area contributed by atoms with Crippen LogP contribution in [0, 0.1) is 0 Å². The Balaban J connectivity index is 2.50. The van der Waals surface area contributed by atoms with Gasteiger partial charge in [0.05, 0.1) is 7.11 Å². The zero-order chi connectivity index (χ0) is 12.7. The quantitative estimate of drug-likeness (QED) is 0.449. The van der Waals surface area contributed by atoms with Crippen LogP contribution in [0.4, 0.5) is 0 Å². The van der Waals surface area contributed by atoms with E-state index in [1.807, 2.05) is 18.2 Å². The smallest absolute Gasteiger partial charge is 0.303 e. The van der Waals surface area contributed by atoms with E-state index < -0.39 is 0 Å². The first-order valence-electron chi connectivity index (χ1n) is 5.15. The SMILES string of the molecule is COc1cccc(OCC(CI)OC(C)=O)c1. The largest absolute Gasteiger partial charge is 0.497 e. The summed E-state index contributed by atoms with van der Waals surface area (Å²) in [7, 11) is 1.60. The molecule has 1 unspecified atom stereocenters. The number of methoxy groups -OCH3 is 1. The van der Waals surface area contributed by atoms with Crippen LogP contribution in [0.3, 0.4) is 0 Å². The Kier molecular flexibility index (Phi) is 6.10. The number of ether oxygens (including phenoxy) is 3. The molecule has 0 aliphatic rings. The van der Waals surface area contributed by atoms with Gasteiger partial charge in [-0.25, -0.2) is 0 Å². The number of rotatable bonds is 6. The number of alkyl halides is 1. The third kappa shape index (κ3) is 5.25. The highest BCUT2D eigenvalue weighted by atomic mass is 127. The molecule has 0 fully saturated rings. The first-order valence-corrected chi connectivity index (χ1v) is 6.68. The Morgan fingerprint density at radius 3 is 2.71 bits per heavy atom. The maximum absolute atomic E-state index is 10.8. The highest BCUT2D eigenvalue weighted by Crippen LogP contribution is 2.19. The average Bonchev–Trinajstić information content (AvgIpc) is 2.34. The molecule has 0 amide bonds. The normalized spacial score (nSPS) is 11.7. The van der Waals surface area contributed by atoms with Crippen molar-refractivity contribution < 1.29 is 19.0 Å². The van der Waals surface area contributed by atoms with Gasteiger partial charge in [0.15, 0.2) is 0 Å². The Labute approximate surface area is 114 Å². The van der Waals surface area contributed by atoms with Crippen LogP contribution in [0.5, 0.6) is 11.5 Å². The lowest BCUT2D eigenvalue weighted by Gasteiger charge is -2.15. The van der Waals surface area contributed by atoms with E-state index in [2.05, 4.69) is 22.6 Å². The first-order chi connectivity index (χ1) is 8.15. The van der Waals surface area contributed by atoms with Crippen molar-refractivity contribution in [3.63, 3.8) is 0 Å². The molecule has 17 heavy (non-hydrogen) atoms. The summed E-state index contributed by atoms with van der Waals surface area (Å²) in [6.07, 6.45) is -0.223. The van der Waals surface area contributed by atoms with Crippen LogP contribution >= 0.6 is 22.6 Å². The van der Waals surface area contributed by atoms with Crippen LogP contribution in [0.15, 0.2) is 24.3 Å². The minimum absolute atomic E-state index is 0.223. The fourth-order valence-corrected chi connectivity index (χ4v) is 1.66. The van der Waals surface area contributed by atoms with Crippen LogP contribution < -0.4 is 9.47 Å². The molecule has 0 aliphatic carbocycles. The van der Waals surface area contributed by atoms with Crippen molar-refractivity contribution in [3.05, 3.63) is 24.3 Å². The Bertz CT molecular complexity index is 367. The van der Waals surface area contributed by atoms with Crippen molar-refractivity contribution >= 4 is 28.6 Å². The molecule has 1 atom stereocenters. The van der Waals surface area contributed by atoms with E-state index in [1.165, 1.54) is 6.92 Å². The minimum Gasteiger partial charge on any atom is -0.497 e. The van der Waals surface area contributed by atoms with Crippen LogP contribution in [0.1, 0.15) is 6.92 Å². The second kappa shape index (κ2) is 7.37. The molecule has 0 bridgehead atoms. The maximum atomic E-state index is 10.8. The van der Waals surface area contributed by atoms with Gasteiger partial charge in [0.2, 0.25) is 0 Å². The highest BCUT2D eigenvalue weighted by molar-refractivity contribution is 14.1. The van der Waals surface area contributed by atoms with Gasteiger partial charge >= 0.3 is 5.97 Å². The number of hydrogen-bond donors (Lipinski definition) is 0. The van der Waals surface area contributed by atoms with Gasteiger partial charge in [-0.2, -0.15) is 0 Å². The molecule has 94 valence electrons. The van der Waals surface area contributed by atoms with E-state index in [4.69, 9.17) is 14.2 Å². The van der Waals surface area contributed by atoms with Crippen LogP contribution in [-0.4, -0.2) is 30.2 Å². The number of carbonyl (C=O) groups excluding carboxylic acids is 1. The Morgan fingerprint density at radius 2 is 2.12 bits per heavy atom. The minimum atomic E-state index is -0.291.